The smallest absolute Gasteiger partial charge is 0.222 e. The Morgan fingerprint density at radius 1 is 1.28 bits per heavy atom. The summed E-state index contributed by atoms with van der Waals surface area (Å²) in [5, 5.41) is 9.09. The number of hydrogen-bond donors (Lipinski definition) is 0. The minimum Gasteiger partial charge on any atom is -0.340 e. The lowest BCUT2D eigenvalue weighted by Gasteiger charge is -2.40. The Labute approximate surface area is 111 Å². The zero-order valence-electron chi connectivity index (χ0n) is 12.1. The van der Waals surface area contributed by atoms with Crippen molar-refractivity contribution in [3.05, 3.63) is 0 Å². The van der Waals surface area contributed by atoms with Gasteiger partial charge < -0.3 is 4.90 Å². The largest absolute Gasteiger partial charge is 0.340 e. The first-order valence-corrected chi connectivity index (χ1v) is 6.81. The van der Waals surface area contributed by atoms with Crippen LogP contribution in [-0.4, -0.2) is 47.4 Å². The van der Waals surface area contributed by atoms with Gasteiger partial charge >= 0.3 is 0 Å². The highest BCUT2D eigenvalue weighted by molar-refractivity contribution is 5.76. The van der Waals surface area contributed by atoms with Gasteiger partial charge in [-0.3, -0.25) is 9.69 Å². The van der Waals surface area contributed by atoms with Gasteiger partial charge in [0.2, 0.25) is 5.91 Å². The third-order valence-electron chi connectivity index (χ3n) is 3.63. The van der Waals surface area contributed by atoms with E-state index in [1.165, 1.54) is 0 Å². The second-order valence-corrected chi connectivity index (χ2v) is 5.97. The van der Waals surface area contributed by atoms with Crippen LogP contribution < -0.4 is 0 Å². The number of hydrogen-bond acceptors (Lipinski definition) is 3. The van der Waals surface area contributed by atoms with Crippen molar-refractivity contribution >= 4 is 5.91 Å². The molecule has 0 aromatic rings. The predicted octanol–water partition coefficient (Wildman–Crippen LogP) is 1.87. The second kappa shape index (κ2) is 6.19. The van der Waals surface area contributed by atoms with E-state index in [0.29, 0.717) is 12.3 Å². The number of nitrogens with zero attached hydrogens (tertiary/aromatic N) is 3. The summed E-state index contributed by atoms with van der Waals surface area (Å²) >= 11 is 0. The van der Waals surface area contributed by atoms with E-state index in [1.807, 2.05) is 18.7 Å². The van der Waals surface area contributed by atoms with E-state index >= 15 is 0 Å². The van der Waals surface area contributed by atoms with E-state index in [1.54, 1.807) is 0 Å². The van der Waals surface area contributed by atoms with E-state index in [0.717, 1.165) is 32.6 Å². The van der Waals surface area contributed by atoms with E-state index in [2.05, 4.69) is 24.8 Å². The molecule has 0 aliphatic carbocycles. The van der Waals surface area contributed by atoms with Gasteiger partial charge in [0.1, 0.15) is 5.54 Å². The van der Waals surface area contributed by atoms with E-state index in [4.69, 9.17) is 5.26 Å². The lowest BCUT2D eigenvalue weighted by Crippen LogP contribution is -2.55. The summed E-state index contributed by atoms with van der Waals surface area (Å²) in [5.41, 5.74) is -0.424. The molecule has 1 saturated heterocycles. The summed E-state index contributed by atoms with van der Waals surface area (Å²) in [7, 11) is 0. The quantitative estimate of drug-likeness (QED) is 0.766. The van der Waals surface area contributed by atoms with Crippen LogP contribution in [0, 0.1) is 17.2 Å². The molecule has 0 unspecified atom stereocenters. The average Bonchev–Trinajstić information content (AvgIpc) is 2.36. The van der Waals surface area contributed by atoms with Gasteiger partial charge in [-0.1, -0.05) is 13.8 Å². The Morgan fingerprint density at radius 2 is 1.83 bits per heavy atom. The van der Waals surface area contributed by atoms with Crippen LogP contribution in [0.25, 0.3) is 0 Å². The van der Waals surface area contributed by atoms with Crippen LogP contribution >= 0.6 is 0 Å². The van der Waals surface area contributed by atoms with Gasteiger partial charge in [-0.2, -0.15) is 5.26 Å². The van der Waals surface area contributed by atoms with Crippen molar-refractivity contribution in [2.45, 2.75) is 46.1 Å². The number of nitriles is 1. The summed E-state index contributed by atoms with van der Waals surface area (Å²) in [6.07, 6.45) is 1.61. The summed E-state index contributed by atoms with van der Waals surface area (Å²) < 4.78 is 0. The van der Waals surface area contributed by atoms with Crippen molar-refractivity contribution in [3.63, 3.8) is 0 Å². The molecule has 0 atom stereocenters. The molecule has 1 fully saturated rings. The molecule has 102 valence electrons. The molecule has 4 nitrogen and oxygen atoms in total. The molecule has 0 aromatic heterocycles. The van der Waals surface area contributed by atoms with Crippen LogP contribution in [-0.2, 0) is 4.79 Å². The lowest BCUT2D eigenvalue weighted by molar-refractivity contribution is -0.133. The normalized spacial score (nSPS) is 17.9. The first-order valence-electron chi connectivity index (χ1n) is 6.81. The molecule has 1 rings (SSSR count). The molecule has 0 spiro atoms. The lowest BCUT2D eigenvalue weighted by atomic mass is 10.0. The van der Waals surface area contributed by atoms with Gasteiger partial charge in [0.25, 0.3) is 0 Å². The second-order valence-electron chi connectivity index (χ2n) is 5.97. The molecule has 1 heterocycles. The van der Waals surface area contributed by atoms with Crippen LogP contribution in [0.3, 0.4) is 0 Å². The summed E-state index contributed by atoms with van der Waals surface area (Å²) in [6.45, 7) is 11.2. The molecule has 0 bridgehead atoms. The number of piperazine rings is 1. The minimum atomic E-state index is -0.424. The molecule has 0 N–H and O–H groups in total. The highest BCUT2D eigenvalue weighted by Crippen LogP contribution is 2.16. The molecule has 1 aliphatic heterocycles. The molecule has 18 heavy (non-hydrogen) atoms. The zero-order chi connectivity index (χ0) is 13.8. The van der Waals surface area contributed by atoms with E-state index in [-0.39, 0.29) is 5.91 Å². The molecule has 1 amide bonds. The molecule has 0 radical (unpaired) electrons. The maximum atomic E-state index is 12.0. The van der Waals surface area contributed by atoms with Crippen LogP contribution in [0.5, 0.6) is 0 Å². The molecular weight excluding hydrogens is 226 g/mol. The Kier molecular flexibility index (Phi) is 5.15. The van der Waals surface area contributed by atoms with Gasteiger partial charge in [-0.15, -0.1) is 0 Å². The van der Waals surface area contributed by atoms with Gasteiger partial charge in [0, 0.05) is 32.6 Å². The summed E-state index contributed by atoms with van der Waals surface area (Å²) in [5.74, 6) is 0.839. The Morgan fingerprint density at radius 3 is 2.28 bits per heavy atom. The maximum absolute atomic E-state index is 12.0. The molecule has 0 saturated carbocycles. The zero-order valence-corrected chi connectivity index (χ0v) is 12.1. The van der Waals surface area contributed by atoms with Crippen molar-refractivity contribution in [2.75, 3.05) is 26.2 Å². The fourth-order valence-electron chi connectivity index (χ4n) is 2.16. The predicted molar refractivity (Wildman–Crippen MR) is 71.9 cm³/mol. The highest BCUT2D eigenvalue weighted by Gasteiger charge is 2.30. The number of rotatable bonds is 4. The third kappa shape index (κ3) is 3.99. The SMILES string of the molecule is CC(C)CCC(=O)N1CCN(C(C)(C)C#N)CC1. The average molecular weight is 251 g/mol. The fourth-order valence-corrected chi connectivity index (χ4v) is 2.16. The molecule has 1 aliphatic rings. The van der Waals surface area contributed by atoms with Crippen LogP contribution in [0.4, 0.5) is 0 Å². The Bertz CT molecular complexity index is 322. The highest BCUT2D eigenvalue weighted by atomic mass is 16.2. The monoisotopic (exact) mass is 251 g/mol. The van der Waals surface area contributed by atoms with Crippen LogP contribution in [0.1, 0.15) is 40.5 Å². The Hall–Kier alpha value is -1.08. The maximum Gasteiger partial charge on any atom is 0.222 e. The number of carbonyl (C=O) groups excluding carboxylic acids is 1. The van der Waals surface area contributed by atoms with Crippen molar-refractivity contribution in [1.82, 2.24) is 9.80 Å². The Balaban J connectivity index is 2.40. The van der Waals surface area contributed by atoms with Crippen molar-refractivity contribution in [2.24, 2.45) is 5.92 Å². The number of carbonyl (C=O) groups is 1. The van der Waals surface area contributed by atoms with Gasteiger partial charge in [-0.05, 0) is 26.2 Å². The van der Waals surface area contributed by atoms with Gasteiger partial charge in [-0.25, -0.2) is 0 Å². The summed E-state index contributed by atoms with van der Waals surface area (Å²) in [4.78, 5) is 16.1. The first kappa shape index (κ1) is 15.0. The molecule has 0 aromatic carbocycles. The number of amides is 1. The standard InChI is InChI=1S/C14H25N3O/c1-12(2)5-6-13(18)16-7-9-17(10-8-16)14(3,4)11-15/h12H,5-10H2,1-4H3. The topological polar surface area (TPSA) is 47.3 Å². The summed E-state index contributed by atoms with van der Waals surface area (Å²) in [6, 6.07) is 2.32. The molecular formula is C14H25N3O. The van der Waals surface area contributed by atoms with Crippen LogP contribution in [0.15, 0.2) is 0 Å². The van der Waals surface area contributed by atoms with Crippen molar-refractivity contribution in [1.29, 1.82) is 5.26 Å². The van der Waals surface area contributed by atoms with Crippen molar-refractivity contribution < 1.29 is 4.79 Å². The van der Waals surface area contributed by atoms with E-state index < -0.39 is 5.54 Å². The van der Waals surface area contributed by atoms with E-state index in [9.17, 15) is 4.79 Å². The first-order chi connectivity index (χ1) is 8.36. The van der Waals surface area contributed by atoms with Gasteiger partial charge in [0.15, 0.2) is 0 Å². The van der Waals surface area contributed by atoms with Gasteiger partial charge in [0.05, 0.1) is 6.07 Å². The van der Waals surface area contributed by atoms with Crippen molar-refractivity contribution in [3.8, 4) is 6.07 Å². The van der Waals surface area contributed by atoms with Crippen LogP contribution in [0.2, 0.25) is 0 Å². The fraction of sp³-hybridized carbons (Fsp3) is 0.857. The minimum absolute atomic E-state index is 0.262. The molecule has 4 heteroatoms. The third-order valence-corrected chi connectivity index (χ3v) is 3.63.